The first-order chi connectivity index (χ1) is 9.56. The first-order valence-electron chi connectivity index (χ1n) is 6.69. The number of thioether (sulfide) groups is 1. The fourth-order valence-electron chi connectivity index (χ4n) is 2.04. The number of halogens is 1. The molecule has 0 unspecified atom stereocenters. The third-order valence-corrected chi connectivity index (χ3v) is 4.18. The number of aromatic nitrogens is 2. The van der Waals surface area contributed by atoms with Crippen LogP contribution in [-0.4, -0.2) is 53.7 Å². The molecule has 5 nitrogen and oxygen atoms in total. The van der Waals surface area contributed by atoms with E-state index in [2.05, 4.69) is 9.97 Å². The van der Waals surface area contributed by atoms with E-state index in [0.29, 0.717) is 16.1 Å². The van der Waals surface area contributed by atoms with E-state index < -0.39 is 0 Å². The summed E-state index contributed by atoms with van der Waals surface area (Å²) in [5.41, 5.74) is 0. The van der Waals surface area contributed by atoms with Crippen LogP contribution in [0.2, 0.25) is 5.15 Å². The zero-order valence-corrected chi connectivity index (χ0v) is 13.4. The normalized spacial score (nSPS) is 15.2. The molecule has 0 atom stereocenters. The Morgan fingerprint density at radius 3 is 2.70 bits per heavy atom. The number of rotatable bonds is 4. The predicted octanol–water partition coefficient (Wildman–Crippen LogP) is 2.30. The van der Waals surface area contributed by atoms with Gasteiger partial charge in [0.25, 0.3) is 0 Å². The maximum atomic E-state index is 12.1. The number of carbonyl (C=O) groups is 1. The number of hydrogen-bond acceptors (Lipinski definition) is 5. The van der Waals surface area contributed by atoms with E-state index in [4.69, 9.17) is 11.6 Å². The Balaban J connectivity index is 1.94. The summed E-state index contributed by atoms with van der Waals surface area (Å²) < 4.78 is 0. The van der Waals surface area contributed by atoms with Crippen molar-refractivity contribution in [2.75, 3.05) is 37.8 Å². The first kappa shape index (κ1) is 15.4. The molecule has 1 saturated heterocycles. The van der Waals surface area contributed by atoms with Crippen LogP contribution in [0.5, 0.6) is 0 Å². The molecule has 0 aliphatic carbocycles. The molecule has 1 amide bonds. The predicted molar refractivity (Wildman–Crippen MR) is 82.5 cm³/mol. The summed E-state index contributed by atoms with van der Waals surface area (Å²) in [6.07, 6.45) is 3.43. The lowest BCUT2D eigenvalue weighted by Crippen LogP contribution is -2.36. The molecule has 0 aromatic carbocycles. The van der Waals surface area contributed by atoms with Crippen LogP contribution in [0, 0.1) is 0 Å². The highest BCUT2D eigenvalue weighted by molar-refractivity contribution is 7.99. The average molecular weight is 315 g/mol. The standard InChI is InChI=1S/C13H19ClN4OS/c1-17(2)11-8-10(14)15-13(16-11)20-9-12(19)18-6-4-3-5-7-18/h8H,3-7,9H2,1-2H3. The van der Waals surface area contributed by atoms with Crippen molar-refractivity contribution in [2.24, 2.45) is 0 Å². The summed E-state index contributed by atoms with van der Waals surface area (Å²) in [4.78, 5) is 24.4. The molecule has 20 heavy (non-hydrogen) atoms. The number of carbonyl (C=O) groups excluding carboxylic acids is 1. The smallest absolute Gasteiger partial charge is 0.233 e. The third-order valence-electron chi connectivity index (χ3n) is 3.15. The van der Waals surface area contributed by atoms with Crippen LogP contribution >= 0.6 is 23.4 Å². The van der Waals surface area contributed by atoms with Crippen molar-refractivity contribution in [3.8, 4) is 0 Å². The lowest BCUT2D eigenvalue weighted by Gasteiger charge is -2.26. The van der Waals surface area contributed by atoms with Crippen molar-refractivity contribution < 1.29 is 4.79 Å². The molecule has 1 aliphatic rings. The van der Waals surface area contributed by atoms with Crippen molar-refractivity contribution in [1.82, 2.24) is 14.9 Å². The number of amides is 1. The summed E-state index contributed by atoms with van der Waals surface area (Å²) >= 11 is 7.32. The van der Waals surface area contributed by atoms with Crippen molar-refractivity contribution >= 4 is 35.1 Å². The molecule has 2 rings (SSSR count). The van der Waals surface area contributed by atoms with E-state index in [0.717, 1.165) is 31.7 Å². The zero-order chi connectivity index (χ0) is 14.5. The minimum absolute atomic E-state index is 0.157. The van der Waals surface area contributed by atoms with E-state index in [9.17, 15) is 4.79 Å². The van der Waals surface area contributed by atoms with Crippen molar-refractivity contribution in [3.63, 3.8) is 0 Å². The third kappa shape index (κ3) is 4.24. The van der Waals surface area contributed by atoms with Gasteiger partial charge in [0.15, 0.2) is 5.16 Å². The van der Waals surface area contributed by atoms with Gasteiger partial charge in [-0.3, -0.25) is 4.79 Å². The molecule has 1 aliphatic heterocycles. The molecular weight excluding hydrogens is 296 g/mol. The Morgan fingerprint density at radius 1 is 1.35 bits per heavy atom. The topological polar surface area (TPSA) is 49.3 Å². The Hall–Kier alpha value is -1.01. The van der Waals surface area contributed by atoms with Gasteiger partial charge in [-0.25, -0.2) is 9.97 Å². The van der Waals surface area contributed by atoms with Crippen LogP contribution in [0.3, 0.4) is 0 Å². The maximum Gasteiger partial charge on any atom is 0.233 e. The first-order valence-corrected chi connectivity index (χ1v) is 8.05. The van der Waals surface area contributed by atoms with E-state index in [1.54, 1.807) is 6.07 Å². The minimum atomic E-state index is 0.157. The van der Waals surface area contributed by atoms with E-state index in [1.165, 1.54) is 18.2 Å². The van der Waals surface area contributed by atoms with Gasteiger partial charge < -0.3 is 9.80 Å². The SMILES string of the molecule is CN(C)c1cc(Cl)nc(SCC(=O)N2CCCCC2)n1. The molecule has 1 aromatic rings. The molecular formula is C13H19ClN4OS. The molecule has 2 heterocycles. The molecule has 0 N–H and O–H groups in total. The van der Waals surface area contributed by atoms with Crippen LogP contribution in [0.25, 0.3) is 0 Å². The highest BCUT2D eigenvalue weighted by Crippen LogP contribution is 2.21. The van der Waals surface area contributed by atoms with Gasteiger partial charge in [-0.2, -0.15) is 0 Å². The fourth-order valence-corrected chi connectivity index (χ4v) is 3.02. The number of piperidine rings is 1. The monoisotopic (exact) mass is 314 g/mol. The van der Waals surface area contributed by atoms with Gasteiger partial charge in [-0.1, -0.05) is 23.4 Å². The highest BCUT2D eigenvalue weighted by Gasteiger charge is 2.17. The molecule has 0 spiro atoms. The summed E-state index contributed by atoms with van der Waals surface area (Å²) in [6, 6.07) is 1.71. The summed E-state index contributed by atoms with van der Waals surface area (Å²) in [5.74, 6) is 1.27. The van der Waals surface area contributed by atoms with E-state index >= 15 is 0 Å². The Morgan fingerprint density at radius 2 is 2.05 bits per heavy atom. The molecule has 7 heteroatoms. The second-order valence-electron chi connectivity index (χ2n) is 4.96. The average Bonchev–Trinajstić information content (AvgIpc) is 2.45. The molecule has 0 bridgehead atoms. The molecule has 0 radical (unpaired) electrons. The van der Waals surface area contributed by atoms with Gasteiger partial charge in [0.2, 0.25) is 5.91 Å². The highest BCUT2D eigenvalue weighted by atomic mass is 35.5. The summed E-state index contributed by atoms with van der Waals surface area (Å²) in [7, 11) is 3.79. The van der Waals surface area contributed by atoms with Crippen molar-refractivity contribution in [1.29, 1.82) is 0 Å². The minimum Gasteiger partial charge on any atom is -0.363 e. The van der Waals surface area contributed by atoms with Crippen LogP contribution < -0.4 is 4.90 Å². The lowest BCUT2D eigenvalue weighted by atomic mass is 10.1. The van der Waals surface area contributed by atoms with Crippen LogP contribution in [0.4, 0.5) is 5.82 Å². The maximum absolute atomic E-state index is 12.1. The largest absolute Gasteiger partial charge is 0.363 e. The molecule has 0 saturated carbocycles. The molecule has 1 fully saturated rings. The Bertz CT molecular complexity index is 477. The van der Waals surface area contributed by atoms with Gasteiger partial charge in [0.1, 0.15) is 11.0 Å². The van der Waals surface area contributed by atoms with Gasteiger partial charge >= 0.3 is 0 Å². The zero-order valence-electron chi connectivity index (χ0n) is 11.8. The van der Waals surface area contributed by atoms with Gasteiger partial charge in [0.05, 0.1) is 5.75 Å². The quantitative estimate of drug-likeness (QED) is 0.485. The Kier molecular flexibility index (Phi) is 5.48. The number of hydrogen-bond donors (Lipinski definition) is 0. The van der Waals surface area contributed by atoms with Crippen LogP contribution in [0.1, 0.15) is 19.3 Å². The van der Waals surface area contributed by atoms with E-state index in [1.807, 2.05) is 23.9 Å². The Labute approximate surface area is 128 Å². The second kappa shape index (κ2) is 7.13. The summed E-state index contributed by atoms with van der Waals surface area (Å²) in [5, 5.41) is 0.947. The number of likely N-dealkylation sites (tertiary alicyclic amines) is 1. The van der Waals surface area contributed by atoms with Crippen LogP contribution in [-0.2, 0) is 4.79 Å². The van der Waals surface area contributed by atoms with E-state index in [-0.39, 0.29) is 5.91 Å². The second-order valence-corrected chi connectivity index (χ2v) is 6.29. The molecule has 110 valence electrons. The number of nitrogens with zero attached hydrogens (tertiary/aromatic N) is 4. The lowest BCUT2D eigenvalue weighted by molar-refractivity contribution is -0.129. The van der Waals surface area contributed by atoms with Crippen molar-refractivity contribution in [3.05, 3.63) is 11.2 Å². The van der Waals surface area contributed by atoms with Gasteiger partial charge in [-0.15, -0.1) is 0 Å². The molecule has 1 aromatic heterocycles. The number of anilines is 1. The van der Waals surface area contributed by atoms with Gasteiger partial charge in [0, 0.05) is 33.3 Å². The van der Waals surface area contributed by atoms with Crippen molar-refractivity contribution in [2.45, 2.75) is 24.4 Å². The van der Waals surface area contributed by atoms with Crippen LogP contribution in [0.15, 0.2) is 11.2 Å². The van der Waals surface area contributed by atoms with Gasteiger partial charge in [-0.05, 0) is 19.3 Å². The summed E-state index contributed by atoms with van der Waals surface area (Å²) in [6.45, 7) is 1.75. The fraction of sp³-hybridized carbons (Fsp3) is 0.615.